The quantitative estimate of drug-likeness (QED) is 0.607. The van der Waals surface area contributed by atoms with Crippen LogP contribution < -0.4 is 10.6 Å². The average Bonchev–Trinajstić information content (AvgIpc) is 2.71. The maximum Gasteiger partial charge on any atom is 0.255 e. The second kappa shape index (κ2) is 9.19. The lowest BCUT2D eigenvalue weighted by Gasteiger charge is -2.13. The van der Waals surface area contributed by atoms with Gasteiger partial charge in [0.15, 0.2) is 0 Å². The lowest BCUT2D eigenvalue weighted by Crippen LogP contribution is -2.24. The topological polar surface area (TPSA) is 66.9 Å². The van der Waals surface area contributed by atoms with Gasteiger partial charge >= 0.3 is 0 Å². The molecule has 27 heavy (non-hydrogen) atoms. The highest BCUT2D eigenvalue weighted by Gasteiger charge is 2.13. The molecular weight excluding hydrogens is 356 g/mol. The number of hydrogen-bond acceptors (Lipinski definition) is 5. The molecule has 0 bridgehead atoms. The van der Waals surface area contributed by atoms with Crippen LogP contribution in [0.15, 0.2) is 65.8 Å². The van der Waals surface area contributed by atoms with E-state index in [9.17, 15) is 4.79 Å². The van der Waals surface area contributed by atoms with Crippen LogP contribution in [0.25, 0.3) is 0 Å². The van der Waals surface area contributed by atoms with Crippen molar-refractivity contribution in [2.24, 2.45) is 0 Å². The summed E-state index contributed by atoms with van der Waals surface area (Å²) in [4.78, 5) is 22.5. The fraction of sp³-hybridized carbons (Fsp3) is 0.190. The van der Waals surface area contributed by atoms with Crippen molar-refractivity contribution in [1.29, 1.82) is 0 Å². The first-order valence-corrected chi connectivity index (χ1v) is 9.90. The number of anilines is 1. The van der Waals surface area contributed by atoms with E-state index >= 15 is 0 Å². The molecule has 2 N–H and O–H groups in total. The lowest BCUT2D eigenvalue weighted by atomic mass is 10.2. The van der Waals surface area contributed by atoms with Crippen LogP contribution in [0.1, 0.15) is 27.2 Å². The zero-order valence-electron chi connectivity index (χ0n) is 15.4. The average molecular weight is 379 g/mol. The van der Waals surface area contributed by atoms with E-state index in [1.807, 2.05) is 55.6 Å². The molecule has 0 fully saturated rings. The normalized spacial score (nSPS) is 10.4. The second-order valence-corrected chi connectivity index (χ2v) is 6.91. The Morgan fingerprint density at radius 1 is 1.07 bits per heavy atom. The van der Waals surface area contributed by atoms with Gasteiger partial charge in [-0.3, -0.25) is 9.78 Å². The molecule has 0 saturated heterocycles. The van der Waals surface area contributed by atoms with Gasteiger partial charge in [-0.15, -0.1) is 11.8 Å². The number of aromatic nitrogens is 2. The van der Waals surface area contributed by atoms with Crippen molar-refractivity contribution in [3.63, 3.8) is 0 Å². The number of benzene rings is 1. The van der Waals surface area contributed by atoms with Gasteiger partial charge in [0.2, 0.25) is 0 Å². The minimum atomic E-state index is -0.146. The third-order valence-electron chi connectivity index (χ3n) is 4.09. The monoisotopic (exact) mass is 378 g/mol. The maximum absolute atomic E-state index is 12.8. The molecule has 0 aliphatic heterocycles. The smallest absolute Gasteiger partial charge is 0.255 e. The highest BCUT2D eigenvalue weighted by Crippen LogP contribution is 2.20. The molecule has 1 amide bonds. The highest BCUT2D eigenvalue weighted by atomic mass is 32.2. The summed E-state index contributed by atoms with van der Waals surface area (Å²) in [6, 6.07) is 15.6. The van der Waals surface area contributed by atoms with Crippen molar-refractivity contribution in [2.75, 3.05) is 11.6 Å². The van der Waals surface area contributed by atoms with Crippen molar-refractivity contribution in [3.8, 4) is 0 Å². The fourth-order valence-electron chi connectivity index (χ4n) is 2.68. The van der Waals surface area contributed by atoms with Gasteiger partial charge in [0.25, 0.3) is 5.91 Å². The van der Waals surface area contributed by atoms with E-state index in [1.54, 1.807) is 24.2 Å². The van der Waals surface area contributed by atoms with Crippen LogP contribution in [0.5, 0.6) is 0 Å². The number of aryl methyl sites for hydroxylation is 1. The Morgan fingerprint density at radius 2 is 1.93 bits per heavy atom. The highest BCUT2D eigenvalue weighted by molar-refractivity contribution is 7.98. The first-order chi connectivity index (χ1) is 13.2. The summed E-state index contributed by atoms with van der Waals surface area (Å²) >= 11 is 1.67. The molecular formula is C21H22N4OS. The first kappa shape index (κ1) is 18.9. The van der Waals surface area contributed by atoms with Crippen LogP contribution in [0.4, 0.5) is 5.82 Å². The van der Waals surface area contributed by atoms with E-state index in [-0.39, 0.29) is 5.91 Å². The fourth-order valence-corrected chi connectivity index (χ4v) is 3.30. The molecule has 0 aliphatic rings. The van der Waals surface area contributed by atoms with Crippen molar-refractivity contribution >= 4 is 23.5 Å². The Hall–Kier alpha value is -2.86. The van der Waals surface area contributed by atoms with E-state index in [0.717, 1.165) is 21.7 Å². The first-order valence-electron chi connectivity index (χ1n) is 8.68. The maximum atomic E-state index is 12.8. The number of amides is 1. The van der Waals surface area contributed by atoms with Gasteiger partial charge in [-0.2, -0.15) is 0 Å². The number of carbonyl (C=O) groups excluding carboxylic acids is 1. The van der Waals surface area contributed by atoms with Crippen LogP contribution in [0.3, 0.4) is 0 Å². The molecule has 5 nitrogen and oxygen atoms in total. The number of pyridine rings is 2. The van der Waals surface area contributed by atoms with Crippen LogP contribution in [-0.2, 0) is 13.1 Å². The minimum Gasteiger partial charge on any atom is -0.365 e. The summed E-state index contributed by atoms with van der Waals surface area (Å²) in [7, 11) is 0. The number of thioether (sulfide) groups is 1. The van der Waals surface area contributed by atoms with Gasteiger partial charge in [-0.05, 0) is 48.6 Å². The summed E-state index contributed by atoms with van der Waals surface area (Å²) in [5.41, 5.74) is 3.52. The second-order valence-electron chi connectivity index (χ2n) is 6.06. The van der Waals surface area contributed by atoms with Crippen LogP contribution >= 0.6 is 11.8 Å². The number of hydrogen-bond donors (Lipinski definition) is 2. The van der Waals surface area contributed by atoms with Crippen LogP contribution in [0.2, 0.25) is 0 Å². The predicted octanol–water partition coefficient (Wildman–Crippen LogP) is 4.05. The molecule has 0 saturated carbocycles. The summed E-state index contributed by atoms with van der Waals surface area (Å²) in [5, 5.41) is 6.26. The molecule has 1 aromatic carbocycles. The van der Waals surface area contributed by atoms with E-state index in [4.69, 9.17) is 0 Å². The molecule has 2 heterocycles. The molecule has 0 aliphatic carbocycles. The van der Waals surface area contributed by atoms with Gasteiger partial charge in [-0.25, -0.2) is 4.98 Å². The molecule has 0 spiro atoms. The van der Waals surface area contributed by atoms with Crippen molar-refractivity contribution < 1.29 is 4.79 Å². The molecule has 2 aromatic heterocycles. The van der Waals surface area contributed by atoms with E-state index < -0.39 is 0 Å². The van der Waals surface area contributed by atoms with Crippen molar-refractivity contribution in [1.82, 2.24) is 15.3 Å². The third kappa shape index (κ3) is 5.08. The zero-order valence-corrected chi connectivity index (χ0v) is 16.2. The Balaban J connectivity index is 1.72. The summed E-state index contributed by atoms with van der Waals surface area (Å²) in [5.74, 6) is 0.432. The number of nitrogens with one attached hydrogen (secondary N) is 2. The number of nitrogens with zero attached hydrogens (tertiary/aromatic N) is 2. The van der Waals surface area contributed by atoms with Crippen molar-refractivity contribution in [3.05, 3.63) is 83.3 Å². The van der Waals surface area contributed by atoms with Gasteiger partial charge in [0, 0.05) is 36.1 Å². The predicted molar refractivity (Wildman–Crippen MR) is 110 cm³/mol. The standard InChI is InChI=1S/C21H22N4OS/c1-15-9-10-18(20(25-15)23-13-16-6-5-11-22-12-16)21(26)24-14-17-7-3-4-8-19(17)27-2/h3-12H,13-14H2,1-2H3,(H,23,25)(H,24,26). The van der Waals surface area contributed by atoms with Gasteiger partial charge in [-0.1, -0.05) is 24.3 Å². The van der Waals surface area contributed by atoms with Crippen molar-refractivity contribution in [2.45, 2.75) is 24.9 Å². The third-order valence-corrected chi connectivity index (χ3v) is 4.93. The van der Waals surface area contributed by atoms with E-state index in [1.165, 1.54) is 0 Å². The Morgan fingerprint density at radius 3 is 2.70 bits per heavy atom. The lowest BCUT2D eigenvalue weighted by molar-refractivity contribution is 0.0951. The summed E-state index contributed by atoms with van der Waals surface area (Å²) in [6.07, 6.45) is 5.56. The van der Waals surface area contributed by atoms with Gasteiger partial charge in [0.1, 0.15) is 5.82 Å². The molecule has 0 radical (unpaired) electrons. The van der Waals surface area contributed by atoms with Crippen LogP contribution in [-0.4, -0.2) is 22.1 Å². The number of rotatable bonds is 7. The molecule has 3 rings (SSSR count). The molecule has 0 atom stereocenters. The molecule has 6 heteroatoms. The molecule has 138 valence electrons. The van der Waals surface area contributed by atoms with Gasteiger partial charge < -0.3 is 10.6 Å². The zero-order chi connectivity index (χ0) is 19.1. The Labute approximate surface area is 163 Å². The Kier molecular flexibility index (Phi) is 6.44. The summed E-state index contributed by atoms with van der Waals surface area (Å²) in [6.45, 7) is 2.94. The van der Waals surface area contributed by atoms with Crippen LogP contribution in [0, 0.1) is 6.92 Å². The minimum absolute atomic E-state index is 0.146. The van der Waals surface area contributed by atoms with Gasteiger partial charge in [0.05, 0.1) is 5.56 Å². The van der Waals surface area contributed by atoms with E-state index in [0.29, 0.717) is 24.5 Å². The summed E-state index contributed by atoms with van der Waals surface area (Å²) < 4.78 is 0. The Bertz CT molecular complexity index is 915. The molecule has 3 aromatic rings. The largest absolute Gasteiger partial charge is 0.365 e. The van der Waals surface area contributed by atoms with E-state index in [2.05, 4.69) is 26.7 Å². The molecule has 0 unspecified atom stereocenters. The number of carbonyl (C=O) groups is 1. The SMILES string of the molecule is CSc1ccccc1CNC(=O)c1ccc(C)nc1NCc1cccnc1.